The lowest BCUT2D eigenvalue weighted by molar-refractivity contribution is -0.122. The Kier molecular flexibility index (Phi) is 6.94. The molecular formula is C18H22F2N4O2S. The Morgan fingerprint density at radius 1 is 1.22 bits per heavy atom. The molecule has 0 radical (unpaired) electrons. The highest BCUT2D eigenvalue weighted by Gasteiger charge is 2.20. The fourth-order valence-electron chi connectivity index (χ4n) is 2.91. The monoisotopic (exact) mass is 396 g/mol. The summed E-state index contributed by atoms with van der Waals surface area (Å²) in [5, 5.41) is 5.91. The van der Waals surface area contributed by atoms with Crippen LogP contribution in [0.2, 0.25) is 0 Å². The molecule has 1 fully saturated rings. The van der Waals surface area contributed by atoms with Crippen LogP contribution in [-0.2, 0) is 11.2 Å². The number of aromatic nitrogens is 1. The number of halogens is 2. The number of amides is 1. The van der Waals surface area contributed by atoms with Crippen LogP contribution in [0, 0.1) is 0 Å². The van der Waals surface area contributed by atoms with Gasteiger partial charge in [-0.05, 0) is 24.1 Å². The van der Waals surface area contributed by atoms with E-state index in [1.165, 1.54) is 12.1 Å². The average molecular weight is 396 g/mol. The number of benzene rings is 1. The van der Waals surface area contributed by atoms with Gasteiger partial charge in [0.15, 0.2) is 5.13 Å². The van der Waals surface area contributed by atoms with Crippen LogP contribution in [0.3, 0.4) is 0 Å². The summed E-state index contributed by atoms with van der Waals surface area (Å²) in [6.07, 6.45) is 2.44. The summed E-state index contributed by atoms with van der Waals surface area (Å²) >= 11 is 1.63. The fraction of sp³-hybridized carbons (Fsp3) is 0.444. The van der Waals surface area contributed by atoms with Crippen molar-refractivity contribution in [3.63, 3.8) is 0 Å². The molecule has 1 aliphatic heterocycles. The molecule has 1 aromatic carbocycles. The summed E-state index contributed by atoms with van der Waals surface area (Å²) in [5.41, 5.74) is 0.953. The van der Waals surface area contributed by atoms with Gasteiger partial charge < -0.3 is 15.0 Å². The highest BCUT2D eigenvalue weighted by atomic mass is 32.1. The molecule has 0 spiro atoms. The molecule has 3 rings (SSSR count). The van der Waals surface area contributed by atoms with Crippen LogP contribution < -0.4 is 15.0 Å². The number of nitrogens with zero attached hydrogens (tertiary/aromatic N) is 3. The van der Waals surface area contributed by atoms with E-state index in [0.29, 0.717) is 19.5 Å². The quantitative estimate of drug-likeness (QED) is 0.742. The van der Waals surface area contributed by atoms with Gasteiger partial charge >= 0.3 is 6.61 Å². The zero-order valence-electron chi connectivity index (χ0n) is 14.8. The highest BCUT2D eigenvalue weighted by Crippen LogP contribution is 2.18. The van der Waals surface area contributed by atoms with Crippen molar-refractivity contribution in [2.75, 3.05) is 44.2 Å². The van der Waals surface area contributed by atoms with Gasteiger partial charge in [0.25, 0.3) is 0 Å². The second-order valence-corrected chi connectivity index (χ2v) is 7.07. The number of nitrogens with one attached hydrogen (secondary N) is 1. The zero-order valence-corrected chi connectivity index (χ0v) is 15.6. The van der Waals surface area contributed by atoms with Gasteiger partial charge in [-0.3, -0.25) is 9.69 Å². The lowest BCUT2D eigenvalue weighted by atomic mass is 10.1. The number of hydrogen-bond donors (Lipinski definition) is 1. The molecule has 6 nitrogen and oxygen atoms in total. The lowest BCUT2D eigenvalue weighted by Gasteiger charge is -2.34. The summed E-state index contributed by atoms with van der Waals surface area (Å²) in [6.45, 7) is 1.47. The Morgan fingerprint density at radius 3 is 2.59 bits per heavy atom. The van der Waals surface area contributed by atoms with Crippen LogP contribution in [0.15, 0.2) is 35.8 Å². The standard InChI is InChI=1S/C18H22F2N4O2S/c19-17(20)26-15-3-1-14(2-4-15)5-6-21-16(25)13-23-8-10-24(11-9-23)18-22-7-12-27-18/h1-4,7,12,17H,5-6,8-11,13H2,(H,21,25). The fourth-order valence-corrected chi connectivity index (χ4v) is 3.61. The van der Waals surface area contributed by atoms with Crippen molar-refractivity contribution in [3.8, 4) is 5.75 Å². The largest absolute Gasteiger partial charge is 0.435 e. The summed E-state index contributed by atoms with van der Waals surface area (Å²) in [4.78, 5) is 20.8. The van der Waals surface area contributed by atoms with Crippen molar-refractivity contribution in [2.45, 2.75) is 13.0 Å². The number of hydrogen-bond acceptors (Lipinski definition) is 6. The first-order chi connectivity index (χ1) is 13.1. The molecule has 0 unspecified atom stereocenters. The molecule has 2 heterocycles. The molecule has 27 heavy (non-hydrogen) atoms. The molecule has 0 atom stereocenters. The van der Waals surface area contributed by atoms with E-state index < -0.39 is 6.61 Å². The van der Waals surface area contributed by atoms with Crippen molar-refractivity contribution >= 4 is 22.4 Å². The van der Waals surface area contributed by atoms with Crippen LogP contribution >= 0.6 is 11.3 Å². The third-order valence-electron chi connectivity index (χ3n) is 4.31. The number of rotatable bonds is 8. The molecule has 2 aromatic rings. The first-order valence-electron chi connectivity index (χ1n) is 8.77. The minimum Gasteiger partial charge on any atom is -0.435 e. The third kappa shape index (κ3) is 6.14. The zero-order chi connectivity index (χ0) is 19.1. The number of ether oxygens (including phenoxy) is 1. The molecule has 0 bridgehead atoms. The molecule has 1 aliphatic rings. The highest BCUT2D eigenvalue weighted by molar-refractivity contribution is 7.13. The van der Waals surface area contributed by atoms with Crippen LogP contribution in [0.25, 0.3) is 0 Å². The molecule has 0 saturated carbocycles. The van der Waals surface area contributed by atoms with Crippen molar-refractivity contribution in [2.24, 2.45) is 0 Å². The van der Waals surface area contributed by atoms with Gasteiger partial charge in [0.1, 0.15) is 5.75 Å². The Bertz CT molecular complexity index is 705. The predicted molar refractivity (Wildman–Crippen MR) is 101 cm³/mol. The molecule has 1 amide bonds. The Labute approximate surface area is 160 Å². The Balaban J connectivity index is 1.33. The van der Waals surface area contributed by atoms with E-state index >= 15 is 0 Å². The first kappa shape index (κ1) is 19.5. The summed E-state index contributed by atoms with van der Waals surface area (Å²) < 4.78 is 28.6. The first-order valence-corrected chi connectivity index (χ1v) is 9.65. The predicted octanol–water partition coefficient (Wildman–Crippen LogP) is 2.23. The van der Waals surface area contributed by atoms with Crippen molar-refractivity contribution in [3.05, 3.63) is 41.4 Å². The van der Waals surface area contributed by atoms with Gasteiger partial charge in [-0.2, -0.15) is 8.78 Å². The maximum atomic E-state index is 12.1. The molecule has 1 N–H and O–H groups in total. The second kappa shape index (κ2) is 9.61. The SMILES string of the molecule is O=C(CN1CCN(c2nccs2)CC1)NCCc1ccc(OC(F)F)cc1. The van der Waals surface area contributed by atoms with E-state index in [-0.39, 0.29) is 11.7 Å². The van der Waals surface area contributed by atoms with Gasteiger partial charge in [0, 0.05) is 44.3 Å². The topological polar surface area (TPSA) is 57.7 Å². The van der Waals surface area contributed by atoms with Gasteiger partial charge in [-0.1, -0.05) is 12.1 Å². The minimum atomic E-state index is -2.82. The number of carbonyl (C=O) groups excluding carboxylic acids is 1. The van der Waals surface area contributed by atoms with Crippen LogP contribution in [0.1, 0.15) is 5.56 Å². The summed E-state index contributed by atoms with van der Waals surface area (Å²) in [5.74, 6) is 0.130. The third-order valence-corrected chi connectivity index (χ3v) is 5.15. The van der Waals surface area contributed by atoms with Gasteiger partial charge in [-0.15, -0.1) is 11.3 Å². The second-order valence-electron chi connectivity index (χ2n) is 6.20. The van der Waals surface area contributed by atoms with Crippen LogP contribution in [0.5, 0.6) is 5.75 Å². The minimum absolute atomic E-state index is 0.00430. The van der Waals surface area contributed by atoms with Gasteiger partial charge in [0.2, 0.25) is 5.91 Å². The van der Waals surface area contributed by atoms with Crippen molar-refractivity contribution < 1.29 is 18.3 Å². The normalized spacial score (nSPS) is 15.1. The molecule has 146 valence electrons. The van der Waals surface area contributed by atoms with E-state index in [4.69, 9.17) is 0 Å². The van der Waals surface area contributed by atoms with Crippen LogP contribution in [0.4, 0.5) is 13.9 Å². The van der Waals surface area contributed by atoms with Crippen molar-refractivity contribution in [1.29, 1.82) is 0 Å². The molecule has 9 heteroatoms. The molecule has 1 saturated heterocycles. The number of anilines is 1. The van der Waals surface area contributed by atoms with E-state index in [0.717, 1.165) is 36.9 Å². The van der Waals surface area contributed by atoms with E-state index in [9.17, 15) is 13.6 Å². The summed E-state index contributed by atoms with van der Waals surface area (Å²) in [7, 11) is 0. The Hall–Kier alpha value is -2.26. The molecule has 1 aromatic heterocycles. The number of thiazole rings is 1. The number of alkyl halides is 2. The Morgan fingerprint density at radius 2 is 1.96 bits per heavy atom. The van der Waals surface area contributed by atoms with E-state index in [1.807, 2.05) is 5.38 Å². The van der Waals surface area contributed by atoms with Gasteiger partial charge in [-0.25, -0.2) is 4.98 Å². The number of piperazine rings is 1. The maximum absolute atomic E-state index is 12.1. The average Bonchev–Trinajstić information content (AvgIpc) is 3.18. The number of carbonyl (C=O) groups is 1. The van der Waals surface area contributed by atoms with E-state index in [2.05, 4.69) is 24.8 Å². The van der Waals surface area contributed by atoms with Crippen LogP contribution in [-0.4, -0.2) is 61.7 Å². The molecule has 0 aliphatic carbocycles. The maximum Gasteiger partial charge on any atom is 0.387 e. The smallest absolute Gasteiger partial charge is 0.387 e. The van der Waals surface area contributed by atoms with Crippen molar-refractivity contribution in [1.82, 2.24) is 15.2 Å². The lowest BCUT2D eigenvalue weighted by Crippen LogP contribution is -2.49. The molecular weight excluding hydrogens is 374 g/mol. The van der Waals surface area contributed by atoms with E-state index in [1.54, 1.807) is 29.7 Å². The summed E-state index contributed by atoms with van der Waals surface area (Å²) in [6, 6.07) is 6.46. The van der Waals surface area contributed by atoms with Gasteiger partial charge in [0.05, 0.1) is 6.54 Å².